The zero-order chi connectivity index (χ0) is 28.2. The van der Waals surface area contributed by atoms with Crippen molar-refractivity contribution in [2.24, 2.45) is 11.8 Å². The van der Waals surface area contributed by atoms with Crippen molar-refractivity contribution in [1.29, 1.82) is 0 Å². The van der Waals surface area contributed by atoms with Gasteiger partial charge in [0.1, 0.15) is 23.6 Å². The zero-order valence-electron chi connectivity index (χ0n) is 21.8. The van der Waals surface area contributed by atoms with Crippen LogP contribution < -0.4 is 15.3 Å². The number of imidazole rings is 1. The van der Waals surface area contributed by atoms with E-state index in [9.17, 15) is 18.9 Å². The van der Waals surface area contributed by atoms with Gasteiger partial charge in [0, 0.05) is 12.5 Å². The number of nitrogens with two attached hydrogens (primary N) is 1. The van der Waals surface area contributed by atoms with Crippen LogP contribution in [0.15, 0.2) is 54.9 Å². The molecule has 0 radical (unpaired) electrons. The maximum atomic E-state index is 14.3. The molecule has 210 valence electrons. The predicted octanol–water partition coefficient (Wildman–Crippen LogP) is 3.56. The molecule has 1 fully saturated rings. The number of fused-ring (bicyclic) bond motifs is 1. The molecule has 12 nitrogen and oxygen atoms in total. The van der Waals surface area contributed by atoms with Crippen molar-refractivity contribution in [1.82, 2.24) is 24.6 Å². The Morgan fingerprint density at radius 1 is 1.26 bits per heavy atom. The van der Waals surface area contributed by atoms with Crippen LogP contribution in [0.25, 0.3) is 11.2 Å². The van der Waals surface area contributed by atoms with Crippen molar-refractivity contribution >= 4 is 30.7 Å². The second-order valence-electron chi connectivity index (χ2n) is 9.45. The van der Waals surface area contributed by atoms with Gasteiger partial charge in [-0.05, 0) is 50.8 Å². The smallest absolute Gasteiger partial charge is 0.459 e. The first-order valence-electron chi connectivity index (χ1n) is 12.5. The Balaban J connectivity index is 1.56. The minimum absolute atomic E-state index is 0.171. The number of nitrogen functional groups attached to an aromatic ring is 1. The highest BCUT2D eigenvalue weighted by atomic mass is 31.2. The molecule has 4 rings (SSSR count). The number of benzene rings is 1. The number of aliphatic hydroxyl groups is 1. The highest BCUT2D eigenvalue weighted by Gasteiger charge is 2.49. The molecule has 39 heavy (non-hydrogen) atoms. The fourth-order valence-corrected chi connectivity index (χ4v) is 6.16. The van der Waals surface area contributed by atoms with Crippen molar-refractivity contribution in [3.63, 3.8) is 0 Å². The van der Waals surface area contributed by atoms with Crippen molar-refractivity contribution in [2.75, 3.05) is 18.9 Å². The van der Waals surface area contributed by atoms with E-state index in [0.717, 1.165) is 0 Å². The van der Waals surface area contributed by atoms with Crippen molar-refractivity contribution < 1.29 is 32.6 Å². The van der Waals surface area contributed by atoms with Crippen LogP contribution in [0.1, 0.15) is 33.2 Å². The van der Waals surface area contributed by atoms with E-state index in [4.69, 9.17) is 19.5 Å². The number of carbonyl (C=O) groups excluding carboxylic acids is 1. The van der Waals surface area contributed by atoms with Gasteiger partial charge in [-0.15, -0.1) is 0 Å². The number of ether oxygens (including phenoxy) is 1. The fraction of sp³-hybridized carbons (Fsp3) is 0.440. The van der Waals surface area contributed by atoms with Gasteiger partial charge < -0.3 is 24.7 Å². The zero-order valence-corrected chi connectivity index (χ0v) is 22.7. The number of aromatic nitrogens is 4. The van der Waals surface area contributed by atoms with Crippen LogP contribution in [0.5, 0.6) is 5.75 Å². The highest BCUT2D eigenvalue weighted by molar-refractivity contribution is 7.52. The lowest BCUT2D eigenvalue weighted by Crippen LogP contribution is -2.44. The SMILES string of the molecule is CC(C)OC(=O)[C@H](C)NP(=O)(OC[C@@H]1/C(=C\F)[C@H](n2cnc3c(N)ncnc32)[C@H]1CCO)Oc1ccccc1. The van der Waals surface area contributed by atoms with Gasteiger partial charge in [-0.2, -0.15) is 5.09 Å². The fourth-order valence-electron chi connectivity index (χ4n) is 4.64. The summed E-state index contributed by atoms with van der Waals surface area (Å²) in [5.41, 5.74) is 7.04. The monoisotopic (exact) mass is 562 g/mol. The summed E-state index contributed by atoms with van der Waals surface area (Å²) >= 11 is 0. The Morgan fingerprint density at radius 2 is 2.00 bits per heavy atom. The van der Waals surface area contributed by atoms with E-state index in [1.807, 2.05) is 0 Å². The number of hydrogen-bond acceptors (Lipinski definition) is 10. The number of nitrogens with zero attached hydrogens (tertiary/aromatic N) is 4. The highest BCUT2D eigenvalue weighted by Crippen LogP contribution is 2.54. The number of anilines is 1. The molecule has 1 saturated carbocycles. The van der Waals surface area contributed by atoms with Gasteiger partial charge in [0.2, 0.25) is 0 Å². The lowest BCUT2D eigenvalue weighted by atomic mass is 9.64. The summed E-state index contributed by atoms with van der Waals surface area (Å²) in [5.74, 6) is -1.07. The average Bonchev–Trinajstić information content (AvgIpc) is 3.31. The second kappa shape index (κ2) is 12.2. The Bertz CT molecular complexity index is 1370. The summed E-state index contributed by atoms with van der Waals surface area (Å²) in [5, 5.41) is 12.4. The van der Waals surface area contributed by atoms with Gasteiger partial charge in [0.25, 0.3) is 0 Å². The lowest BCUT2D eigenvalue weighted by molar-refractivity contribution is -0.149. The minimum Gasteiger partial charge on any atom is -0.462 e. The summed E-state index contributed by atoms with van der Waals surface area (Å²) in [4.78, 5) is 24.8. The van der Waals surface area contributed by atoms with Crippen LogP contribution in [-0.4, -0.2) is 56.0 Å². The molecular weight excluding hydrogens is 530 g/mol. The number of nitrogens with one attached hydrogen (secondary N) is 1. The predicted molar refractivity (Wildman–Crippen MR) is 141 cm³/mol. The molecule has 1 aromatic carbocycles. The second-order valence-corrected chi connectivity index (χ2v) is 11.1. The van der Waals surface area contributed by atoms with E-state index in [1.165, 1.54) is 19.6 Å². The van der Waals surface area contributed by atoms with Crippen molar-refractivity contribution in [3.05, 3.63) is 54.9 Å². The van der Waals surface area contributed by atoms with Gasteiger partial charge in [0.05, 0.1) is 31.4 Å². The first-order chi connectivity index (χ1) is 18.7. The first-order valence-corrected chi connectivity index (χ1v) is 14.0. The lowest BCUT2D eigenvalue weighted by Gasteiger charge is -2.47. The Hall–Kier alpha value is -3.38. The molecular formula is C25H32FN6O6P. The summed E-state index contributed by atoms with van der Waals surface area (Å²) in [6, 6.07) is 6.78. The number of halogens is 1. The van der Waals surface area contributed by atoms with E-state index in [1.54, 1.807) is 48.7 Å². The van der Waals surface area contributed by atoms with Gasteiger partial charge in [-0.3, -0.25) is 9.32 Å². The number of para-hydroxylation sites is 1. The Morgan fingerprint density at radius 3 is 2.67 bits per heavy atom. The molecule has 5 atom stereocenters. The third-order valence-electron chi connectivity index (χ3n) is 6.42. The van der Waals surface area contributed by atoms with E-state index < -0.39 is 31.7 Å². The molecule has 0 saturated heterocycles. The van der Waals surface area contributed by atoms with Crippen LogP contribution in [-0.2, 0) is 18.6 Å². The summed E-state index contributed by atoms with van der Waals surface area (Å²) < 4.78 is 46.5. The molecule has 0 aliphatic heterocycles. The number of rotatable bonds is 12. The molecule has 1 aliphatic carbocycles. The summed E-state index contributed by atoms with van der Waals surface area (Å²) in [6.45, 7) is 4.49. The Labute approximate surface area is 225 Å². The molecule has 1 aliphatic rings. The van der Waals surface area contributed by atoms with Gasteiger partial charge in [-0.1, -0.05) is 18.2 Å². The van der Waals surface area contributed by atoms with Crippen molar-refractivity contribution in [3.8, 4) is 5.75 Å². The first kappa shape index (κ1) is 28.6. The topological polar surface area (TPSA) is 164 Å². The van der Waals surface area contributed by atoms with E-state index in [-0.39, 0.29) is 36.8 Å². The van der Waals surface area contributed by atoms with E-state index >= 15 is 0 Å². The molecule has 0 bridgehead atoms. The molecule has 4 N–H and O–H groups in total. The standard InChI is InChI=1S/C25H32FN6O6P/c1-15(2)37-25(34)16(3)31-39(35,38-17-7-5-4-6-8-17)36-12-20-18(9-10-33)22(19(20)11-26)32-14-30-21-23(27)28-13-29-24(21)32/h4-8,11,13-16,18,20,22,33H,9-10,12H2,1-3H3,(H,31,35)(H2,27,28,29)/b19-11+/t16-,18-,20-,22+,39?/m0/s1. The van der Waals surface area contributed by atoms with Gasteiger partial charge in [-0.25, -0.2) is 23.9 Å². The molecule has 14 heteroatoms. The van der Waals surface area contributed by atoms with E-state index in [0.29, 0.717) is 29.5 Å². The normalized spacial score (nSPS) is 22.4. The van der Waals surface area contributed by atoms with Crippen LogP contribution >= 0.6 is 7.75 Å². The average molecular weight is 563 g/mol. The molecule has 3 aromatic rings. The summed E-state index contributed by atoms with van der Waals surface area (Å²) in [7, 11) is -4.16. The molecule has 0 amide bonds. The number of carbonyl (C=O) groups is 1. The van der Waals surface area contributed by atoms with Gasteiger partial charge in [0.15, 0.2) is 11.5 Å². The van der Waals surface area contributed by atoms with E-state index in [2.05, 4.69) is 20.0 Å². The van der Waals surface area contributed by atoms with Crippen LogP contribution in [0.3, 0.4) is 0 Å². The third-order valence-corrected chi connectivity index (χ3v) is 8.06. The number of hydrogen-bond donors (Lipinski definition) is 3. The van der Waals surface area contributed by atoms with Gasteiger partial charge >= 0.3 is 13.7 Å². The largest absolute Gasteiger partial charge is 0.462 e. The van der Waals surface area contributed by atoms with Crippen LogP contribution in [0, 0.1) is 11.8 Å². The Kier molecular flexibility index (Phi) is 8.96. The maximum Gasteiger partial charge on any atom is 0.459 e. The number of aliphatic hydroxyl groups excluding tert-OH is 1. The maximum absolute atomic E-state index is 14.3. The number of esters is 1. The van der Waals surface area contributed by atoms with Crippen LogP contribution in [0.4, 0.5) is 10.2 Å². The van der Waals surface area contributed by atoms with Crippen LogP contribution in [0.2, 0.25) is 0 Å². The molecule has 2 heterocycles. The summed E-state index contributed by atoms with van der Waals surface area (Å²) in [6.07, 6.45) is 3.19. The quantitative estimate of drug-likeness (QED) is 0.218. The molecule has 0 spiro atoms. The minimum atomic E-state index is -4.16. The molecule has 1 unspecified atom stereocenters. The van der Waals surface area contributed by atoms with Crippen molar-refractivity contribution in [2.45, 2.75) is 45.4 Å². The third kappa shape index (κ3) is 6.27. The molecule has 2 aromatic heterocycles.